The van der Waals surface area contributed by atoms with Gasteiger partial charge in [0, 0.05) is 22.9 Å². The van der Waals surface area contributed by atoms with E-state index in [0.29, 0.717) is 12.1 Å². The largest absolute Gasteiger partial charge is 0.284 e. The van der Waals surface area contributed by atoms with E-state index in [1.54, 1.807) is 34.5 Å². The van der Waals surface area contributed by atoms with Gasteiger partial charge in [-0.25, -0.2) is 13.4 Å². The number of hydrogen-bond donors (Lipinski definition) is 1. The Labute approximate surface area is 157 Å². The molecule has 1 aliphatic heterocycles. The number of thiophene rings is 1. The van der Waals surface area contributed by atoms with Gasteiger partial charge in [-0.2, -0.15) is 5.10 Å². The zero-order valence-corrected chi connectivity index (χ0v) is 16.5. The quantitative estimate of drug-likeness (QED) is 0.848. The number of hydrazone groups is 1. The Morgan fingerprint density at radius 2 is 2.08 bits per heavy atom. The van der Waals surface area contributed by atoms with Crippen LogP contribution < -0.4 is 4.72 Å². The molecule has 1 aromatic heterocycles. The predicted octanol–water partition coefficient (Wildman–Crippen LogP) is 3.45. The van der Waals surface area contributed by atoms with Crippen molar-refractivity contribution in [3.63, 3.8) is 0 Å². The number of carbonyl (C=O) groups is 1. The van der Waals surface area contributed by atoms with E-state index in [0.717, 1.165) is 22.4 Å². The first-order valence-electron chi connectivity index (χ1n) is 8.27. The van der Waals surface area contributed by atoms with Gasteiger partial charge in [-0.1, -0.05) is 32.0 Å². The van der Waals surface area contributed by atoms with Crippen LogP contribution in [0.5, 0.6) is 0 Å². The first-order valence-corrected chi connectivity index (χ1v) is 11.0. The summed E-state index contributed by atoms with van der Waals surface area (Å²) < 4.78 is 25.4. The van der Waals surface area contributed by atoms with Gasteiger partial charge in [0.2, 0.25) is 15.9 Å². The van der Waals surface area contributed by atoms with Crippen LogP contribution in [0.1, 0.15) is 36.8 Å². The Morgan fingerprint density at radius 3 is 2.69 bits per heavy atom. The molecule has 0 spiro atoms. The molecule has 0 radical (unpaired) electrons. The average molecular weight is 392 g/mol. The molecule has 0 saturated carbocycles. The van der Waals surface area contributed by atoms with Crippen molar-refractivity contribution >= 4 is 38.7 Å². The van der Waals surface area contributed by atoms with Crippen LogP contribution >= 0.6 is 11.3 Å². The van der Waals surface area contributed by atoms with Gasteiger partial charge in [-0.05, 0) is 29.1 Å². The number of carbonyl (C=O) groups excluding carboxylic acids is 1. The molecule has 0 bridgehead atoms. The molecule has 1 unspecified atom stereocenters. The molecule has 8 heteroatoms. The lowest BCUT2D eigenvalue weighted by Gasteiger charge is -2.22. The summed E-state index contributed by atoms with van der Waals surface area (Å²) in [5.41, 5.74) is 2.06. The Morgan fingerprint density at radius 1 is 1.31 bits per heavy atom. The number of benzene rings is 1. The van der Waals surface area contributed by atoms with Crippen LogP contribution in [-0.4, -0.2) is 31.3 Å². The van der Waals surface area contributed by atoms with Gasteiger partial charge in [0.1, 0.15) is 0 Å². The number of rotatable bonds is 5. The summed E-state index contributed by atoms with van der Waals surface area (Å²) in [5, 5.41) is 8.14. The van der Waals surface area contributed by atoms with E-state index in [9.17, 15) is 13.2 Å². The molecule has 6 nitrogen and oxygen atoms in total. The highest BCUT2D eigenvalue weighted by Crippen LogP contribution is 2.36. The summed E-state index contributed by atoms with van der Waals surface area (Å²) in [5.74, 6) is -0.178. The van der Waals surface area contributed by atoms with E-state index in [4.69, 9.17) is 0 Å². The minimum atomic E-state index is -3.35. The van der Waals surface area contributed by atoms with Crippen molar-refractivity contribution in [3.8, 4) is 0 Å². The second-order valence-electron chi connectivity index (χ2n) is 6.57. The SMILES string of the molecule is CC(C)C(=O)N1N=C(c2cccc(NS(C)(=O)=O)c2)CC1c1cccs1. The topological polar surface area (TPSA) is 78.8 Å². The molecule has 0 fully saturated rings. The van der Waals surface area contributed by atoms with Gasteiger partial charge < -0.3 is 0 Å². The summed E-state index contributed by atoms with van der Waals surface area (Å²) in [6.45, 7) is 3.72. The maximum Gasteiger partial charge on any atom is 0.245 e. The summed E-state index contributed by atoms with van der Waals surface area (Å²) in [4.78, 5) is 13.7. The van der Waals surface area contributed by atoms with E-state index >= 15 is 0 Å². The van der Waals surface area contributed by atoms with Crippen molar-refractivity contribution in [1.82, 2.24) is 5.01 Å². The molecular formula is C18H21N3O3S2. The van der Waals surface area contributed by atoms with Gasteiger partial charge in [-0.15, -0.1) is 11.3 Å². The molecule has 1 aromatic carbocycles. The number of sulfonamides is 1. The van der Waals surface area contributed by atoms with E-state index in [2.05, 4.69) is 9.82 Å². The zero-order chi connectivity index (χ0) is 18.9. The molecule has 0 saturated heterocycles. The van der Waals surface area contributed by atoms with Crippen LogP contribution in [0.2, 0.25) is 0 Å². The van der Waals surface area contributed by atoms with E-state index in [1.807, 2.05) is 37.4 Å². The summed E-state index contributed by atoms with van der Waals surface area (Å²) >= 11 is 1.60. The number of nitrogens with zero attached hydrogens (tertiary/aromatic N) is 2. The Balaban J connectivity index is 1.94. The normalized spacial score (nSPS) is 17.5. The van der Waals surface area contributed by atoms with E-state index in [-0.39, 0.29) is 17.9 Å². The minimum Gasteiger partial charge on any atom is -0.284 e. The lowest BCUT2D eigenvalue weighted by Crippen LogP contribution is -2.30. The molecular weight excluding hydrogens is 370 g/mol. The number of amides is 1. The summed E-state index contributed by atoms with van der Waals surface area (Å²) in [6, 6.07) is 10.9. The molecule has 2 heterocycles. The molecule has 0 aliphatic carbocycles. The highest BCUT2D eigenvalue weighted by molar-refractivity contribution is 7.92. The lowest BCUT2D eigenvalue weighted by atomic mass is 10.0. The van der Waals surface area contributed by atoms with E-state index in [1.165, 1.54) is 0 Å². The maximum absolute atomic E-state index is 12.6. The summed E-state index contributed by atoms with van der Waals surface area (Å²) in [6.07, 6.45) is 1.71. The second kappa shape index (κ2) is 7.20. The third kappa shape index (κ3) is 4.13. The number of anilines is 1. The third-order valence-corrected chi connectivity index (χ3v) is 5.58. The first kappa shape index (κ1) is 18.6. The van der Waals surface area contributed by atoms with Crippen molar-refractivity contribution < 1.29 is 13.2 Å². The van der Waals surface area contributed by atoms with E-state index < -0.39 is 10.0 Å². The molecule has 1 N–H and O–H groups in total. The lowest BCUT2D eigenvalue weighted by molar-refractivity contribution is -0.136. The molecule has 3 rings (SSSR count). The first-order chi connectivity index (χ1) is 12.2. The Kier molecular flexibility index (Phi) is 5.15. The molecule has 138 valence electrons. The fourth-order valence-electron chi connectivity index (χ4n) is 2.83. The van der Waals surface area contributed by atoms with Crippen LogP contribution in [0, 0.1) is 5.92 Å². The number of nitrogens with one attached hydrogen (secondary N) is 1. The predicted molar refractivity (Wildman–Crippen MR) is 105 cm³/mol. The van der Waals surface area contributed by atoms with Crippen LogP contribution in [-0.2, 0) is 14.8 Å². The molecule has 2 aromatic rings. The highest BCUT2D eigenvalue weighted by atomic mass is 32.2. The smallest absolute Gasteiger partial charge is 0.245 e. The average Bonchev–Trinajstić information content (AvgIpc) is 3.22. The van der Waals surface area contributed by atoms with Crippen molar-refractivity contribution in [1.29, 1.82) is 0 Å². The van der Waals surface area contributed by atoms with Crippen molar-refractivity contribution in [2.45, 2.75) is 26.3 Å². The van der Waals surface area contributed by atoms with Gasteiger partial charge in [-0.3, -0.25) is 9.52 Å². The third-order valence-electron chi connectivity index (χ3n) is 4.00. The van der Waals surface area contributed by atoms with Crippen molar-refractivity contribution in [3.05, 3.63) is 52.2 Å². The number of hydrogen-bond acceptors (Lipinski definition) is 5. The molecule has 1 atom stereocenters. The molecule has 1 aliphatic rings. The monoisotopic (exact) mass is 391 g/mol. The summed E-state index contributed by atoms with van der Waals surface area (Å²) in [7, 11) is -3.35. The van der Waals surface area contributed by atoms with Gasteiger partial charge in [0.05, 0.1) is 18.0 Å². The highest BCUT2D eigenvalue weighted by Gasteiger charge is 2.34. The van der Waals surface area contributed by atoms with Crippen LogP contribution in [0.25, 0.3) is 0 Å². The van der Waals surface area contributed by atoms with Gasteiger partial charge in [0.25, 0.3) is 0 Å². The molecule has 1 amide bonds. The maximum atomic E-state index is 12.6. The van der Waals surface area contributed by atoms with Crippen molar-refractivity contribution in [2.75, 3.05) is 11.0 Å². The Hall–Kier alpha value is -2.19. The van der Waals surface area contributed by atoms with Gasteiger partial charge >= 0.3 is 0 Å². The van der Waals surface area contributed by atoms with Crippen LogP contribution in [0.3, 0.4) is 0 Å². The van der Waals surface area contributed by atoms with Gasteiger partial charge in [0.15, 0.2) is 0 Å². The van der Waals surface area contributed by atoms with Crippen molar-refractivity contribution in [2.24, 2.45) is 11.0 Å². The Bertz CT molecular complexity index is 934. The zero-order valence-electron chi connectivity index (χ0n) is 14.8. The molecule has 26 heavy (non-hydrogen) atoms. The second-order valence-corrected chi connectivity index (χ2v) is 9.30. The fourth-order valence-corrected chi connectivity index (χ4v) is 4.20. The fraction of sp³-hybridized carbons (Fsp3) is 0.333. The van der Waals surface area contributed by atoms with Crippen LogP contribution in [0.4, 0.5) is 5.69 Å². The van der Waals surface area contributed by atoms with Crippen LogP contribution in [0.15, 0.2) is 46.9 Å². The minimum absolute atomic E-state index is 0.0242. The standard InChI is InChI=1S/C18H21N3O3S2/c1-12(2)18(22)21-16(17-8-5-9-25-17)11-15(19-21)13-6-4-7-14(10-13)20-26(3,23)24/h4-10,12,16,20H,11H2,1-3H3.